The highest BCUT2D eigenvalue weighted by Crippen LogP contribution is 2.38. The molecule has 7 nitrogen and oxygen atoms in total. The average Bonchev–Trinajstić information content (AvgIpc) is 2.52. The van der Waals surface area contributed by atoms with Crippen LogP contribution in [0.2, 0.25) is 0 Å². The Bertz CT molecular complexity index is 885. The normalized spacial score (nSPS) is 12.8. The summed E-state index contributed by atoms with van der Waals surface area (Å²) in [5.41, 5.74) is 1.30. The SMILES string of the molecule is COc1cc2c(cc1O)CN(C(C)C)n1cc(C(=O)O)c(=O)cc1-2. The maximum absolute atomic E-state index is 12.1. The summed E-state index contributed by atoms with van der Waals surface area (Å²) in [5, 5.41) is 21.2. The highest BCUT2D eigenvalue weighted by Gasteiger charge is 2.26. The number of pyridine rings is 1. The molecule has 0 unspecified atom stereocenters. The molecule has 0 amide bonds. The van der Waals surface area contributed by atoms with Crippen LogP contribution in [-0.2, 0) is 6.54 Å². The Morgan fingerprint density at radius 2 is 2.00 bits per heavy atom. The average molecular weight is 330 g/mol. The largest absolute Gasteiger partial charge is 0.504 e. The lowest BCUT2D eigenvalue weighted by Gasteiger charge is -2.38. The van der Waals surface area contributed by atoms with Gasteiger partial charge in [-0.2, -0.15) is 0 Å². The highest BCUT2D eigenvalue weighted by atomic mass is 16.5. The van der Waals surface area contributed by atoms with E-state index in [1.54, 1.807) is 16.8 Å². The first kappa shape index (κ1) is 15.9. The molecular weight excluding hydrogens is 312 g/mol. The summed E-state index contributed by atoms with van der Waals surface area (Å²) >= 11 is 0. The number of carboxylic acids is 1. The molecular formula is C17H18N2O5. The van der Waals surface area contributed by atoms with E-state index >= 15 is 0 Å². The number of aromatic nitrogens is 1. The molecule has 2 aromatic rings. The maximum Gasteiger partial charge on any atom is 0.341 e. The molecule has 0 radical (unpaired) electrons. The zero-order valence-corrected chi connectivity index (χ0v) is 13.6. The predicted molar refractivity (Wildman–Crippen MR) is 88.4 cm³/mol. The second kappa shape index (κ2) is 5.59. The van der Waals surface area contributed by atoms with Crippen LogP contribution >= 0.6 is 0 Å². The number of rotatable bonds is 3. The molecule has 7 heteroatoms. The Hall–Kier alpha value is -2.96. The van der Waals surface area contributed by atoms with Crippen molar-refractivity contribution in [1.82, 2.24) is 4.68 Å². The first-order valence-electron chi connectivity index (χ1n) is 7.50. The van der Waals surface area contributed by atoms with E-state index in [2.05, 4.69) is 0 Å². The lowest BCUT2D eigenvalue weighted by atomic mass is 9.99. The maximum atomic E-state index is 12.1. The molecule has 1 aliphatic heterocycles. The van der Waals surface area contributed by atoms with Gasteiger partial charge in [0.25, 0.3) is 0 Å². The topological polar surface area (TPSA) is 92.0 Å². The number of phenolic OH excluding ortho intramolecular Hbond substituents is 1. The van der Waals surface area contributed by atoms with Gasteiger partial charge in [-0.3, -0.25) is 9.47 Å². The summed E-state index contributed by atoms with van der Waals surface area (Å²) in [7, 11) is 1.45. The zero-order chi connectivity index (χ0) is 17.6. The number of nitrogens with zero attached hydrogens (tertiary/aromatic N) is 2. The van der Waals surface area contributed by atoms with E-state index in [-0.39, 0.29) is 17.4 Å². The van der Waals surface area contributed by atoms with Crippen molar-refractivity contribution in [3.05, 3.63) is 45.7 Å². The summed E-state index contributed by atoms with van der Waals surface area (Å²) < 4.78 is 6.84. The number of carbonyl (C=O) groups is 1. The second-order valence-electron chi connectivity index (χ2n) is 5.96. The molecule has 0 fully saturated rings. The van der Waals surface area contributed by atoms with E-state index in [0.29, 0.717) is 18.0 Å². The molecule has 0 bridgehead atoms. The Labute approximate surface area is 138 Å². The van der Waals surface area contributed by atoms with E-state index in [1.807, 2.05) is 18.9 Å². The molecule has 0 saturated carbocycles. The van der Waals surface area contributed by atoms with Crippen molar-refractivity contribution in [3.63, 3.8) is 0 Å². The summed E-state index contributed by atoms with van der Waals surface area (Å²) in [5.74, 6) is -0.931. The summed E-state index contributed by atoms with van der Waals surface area (Å²) in [4.78, 5) is 23.4. The minimum Gasteiger partial charge on any atom is -0.504 e. The van der Waals surface area contributed by atoms with Gasteiger partial charge in [0.2, 0.25) is 0 Å². The van der Waals surface area contributed by atoms with Crippen LogP contribution in [0.1, 0.15) is 29.8 Å². The first-order valence-corrected chi connectivity index (χ1v) is 7.50. The van der Waals surface area contributed by atoms with Gasteiger partial charge in [-0.25, -0.2) is 4.79 Å². The van der Waals surface area contributed by atoms with E-state index < -0.39 is 11.4 Å². The van der Waals surface area contributed by atoms with E-state index in [4.69, 9.17) is 4.74 Å². The van der Waals surface area contributed by atoms with Crippen LogP contribution in [0.25, 0.3) is 11.3 Å². The molecule has 0 atom stereocenters. The fourth-order valence-electron chi connectivity index (χ4n) is 2.92. The molecule has 24 heavy (non-hydrogen) atoms. The predicted octanol–water partition coefficient (Wildman–Crippen LogP) is 1.79. The van der Waals surface area contributed by atoms with Crippen molar-refractivity contribution in [2.75, 3.05) is 12.1 Å². The summed E-state index contributed by atoms with van der Waals surface area (Å²) in [6, 6.07) is 4.65. The molecule has 0 spiro atoms. The van der Waals surface area contributed by atoms with Crippen LogP contribution in [0.3, 0.4) is 0 Å². The lowest BCUT2D eigenvalue weighted by Crippen LogP contribution is -2.44. The van der Waals surface area contributed by atoms with Gasteiger partial charge in [0.1, 0.15) is 5.56 Å². The molecule has 1 aromatic heterocycles. The van der Waals surface area contributed by atoms with Crippen LogP contribution < -0.4 is 15.2 Å². The Balaban J connectivity index is 2.32. The van der Waals surface area contributed by atoms with Gasteiger partial charge in [-0.05, 0) is 31.5 Å². The number of methoxy groups -OCH3 is 1. The van der Waals surface area contributed by atoms with Crippen LogP contribution in [0.15, 0.2) is 29.2 Å². The second-order valence-corrected chi connectivity index (χ2v) is 5.96. The first-order chi connectivity index (χ1) is 11.3. The lowest BCUT2D eigenvalue weighted by molar-refractivity contribution is 0.0694. The van der Waals surface area contributed by atoms with Gasteiger partial charge in [-0.1, -0.05) is 0 Å². The fraction of sp³-hybridized carbons (Fsp3) is 0.294. The number of ether oxygens (including phenoxy) is 1. The third kappa shape index (κ3) is 2.38. The van der Waals surface area contributed by atoms with Gasteiger partial charge in [0.05, 0.1) is 19.3 Å². The molecule has 1 aliphatic rings. The number of fused-ring (bicyclic) bond motifs is 3. The zero-order valence-electron chi connectivity index (χ0n) is 13.6. The van der Waals surface area contributed by atoms with Crippen LogP contribution in [0, 0.1) is 0 Å². The minimum atomic E-state index is -1.26. The Morgan fingerprint density at radius 3 is 2.58 bits per heavy atom. The van der Waals surface area contributed by atoms with Crippen molar-refractivity contribution in [3.8, 4) is 22.8 Å². The molecule has 2 heterocycles. The van der Waals surface area contributed by atoms with E-state index in [9.17, 15) is 19.8 Å². The third-order valence-electron chi connectivity index (χ3n) is 4.15. The monoisotopic (exact) mass is 330 g/mol. The smallest absolute Gasteiger partial charge is 0.341 e. The summed E-state index contributed by atoms with van der Waals surface area (Å²) in [6.45, 7) is 4.41. The van der Waals surface area contributed by atoms with Crippen LogP contribution in [0.5, 0.6) is 11.5 Å². The van der Waals surface area contributed by atoms with Crippen LogP contribution in [0.4, 0.5) is 0 Å². The number of hydrogen-bond acceptors (Lipinski definition) is 5. The molecule has 1 aromatic carbocycles. The number of phenols is 1. The number of aromatic carboxylic acids is 1. The molecule has 0 saturated heterocycles. The van der Waals surface area contributed by atoms with Crippen molar-refractivity contribution < 1.29 is 19.7 Å². The van der Waals surface area contributed by atoms with Crippen molar-refractivity contribution in [2.45, 2.75) is 26.4 Å². The summed E-state index contributed by atoms with van der Waals surface area (Å²) in [6.07, 6.45) is 1.35. The third-order valence-corrected chi connectivity index (χ3v) is 4.15. The molecule has 126 valence electrons. The van der Waals surface area contributed by atoms with Crippen molar-refractivity contribution >= 4 is 5.97 Å². The quantitative estimate of drug-likeness (QED) is 0.891. The standard InChI is InChI=1S/C17H18N2O5/c1-9(2)18-7-10-4-15(21)16(24-3)5-11(10)13-6-14(20)12(17(22)23)8-19(13)18/h4-6,8-9,21H,7H2,1-3H3,(H,22,23). The molecule has 3 rings (SSSR count). The number of aromatic hydroxyl groups is 1. The van der Waals surface area contributed by atoms with Crippen molar-refractivity contribution in [2.24, 2.45) is 0 Å². The van der Waals surface area contributed by atoms with Gasteiger partial charge < -0.3 is 20.0 Å². The number of hydrogen-bond donors (Lipinski definition) is 2. The fourth-order valence-corrected chi connectivity index (χ4v) is 2.92. The van der Waals surface area contributed by atoms with Gasteiger partial charge >= 0.3 is 5.97 Å². The minimum absolute atomic E-state index is 0.0258. The van der Waals surface area contributed by atoms with Gasteiger partial charge in [-0.15, -0.1) is 0 Å². The molecule has 0 aliphatic carbocycles. The van der Waals surface area contributed by atoms with Gasteiger partial charge in [0, 0.05) is 23.9 Å². The van der Waals surface area contributed by atoms with Crippen molar-refractivity contribution in [1.29, 1.82) is 0 Å². The number of benzene rings is 1. The molecule has 2 N–H and O–H groups in total. The Kier molecular flexibility index (Phi) is 3.71. The highest BCUT2D eigenvalue weighted by molar-refractivity contribution is 5.88. The number of carboxylic acid groups (broad SMARTS) is 1. The van der Waals surface area contributed by atoms with E-state index in [1.165, 1.54) is 19.4 Å². The van der Waals surface area contributed by atoms with Gasteiger partial charge in [0.15, 0.2) is 16.9 Å². The van der Waals surface area contributed by atoms with E-state index in [0.717, 1.165) is 11.1 Å². The Morgan fingerprint density at radius 1 is 1.29 bits per heavy atom. The van der Waals surface area contributed by atoms with Crippen LogP contribution in [-0.4, -0.2) is 34.0 Å².